The number of aliphatic hydroxyl groups is 1. The number of hydrogen-bond acceptors (Lipinski definition) is 2. The Labute approximate surface area is 124 Å². The third kappa shape index (κ3) is 3.83. The molecule has 1 fully saturated rings. The van der Waals surface area contributed by atoms with Gasteiger partial charge in [0.2, 0.25) is 0 Å². The first-order chi connectivity index (χ1) is 10.2. The van der Waals surface area contributed by atoms with Crippen molar-refractivity contribution in [1.29, 1.82) is 0 Å². The van der Waals surface area contributed by atoms with Gasteiger partial charge in [0.15, 0.2) is 0 Å². The van der Waals surface area contributed by atoms with E-state index in [2.05, 4.69) is 18.8 Å². The van der Waals surface area contributed by atoms with Crippen molar-refractivity contribution in [2.24, 2.45) is 5.92 Å². The van der Waals surface area contributed by atoms with Gasteiger partial charge in [-0.2, -0.15) is 0 Å². The monoisotopic (exact) mass is 289 g/mol. The molecule has 1 N–H and O–H groups in total. The van der Waals surface area contributed by atoms with E-state index in [9.17, 15) is 9.18 Å². The lowest BCUT2D eigenvalue weighted by Crippen LogP contribution is -2.29. The van der Waals surface area contributed by atoms with E-state index >= 15 is 0 Å². The molecule has 1 aliphatic heterocycles. The van der Waals surface area contributed by atoms with Gasteiger partial charge in [0, 0.05) is 25.1 Å². The molecule has 0 aromatic heterocycles. The van der Waals surface area contributed by atoms with Crippen molar-refractivity contribution in [3.63, 3.8) is 0 Å². The Morgan fingerprint density at radius 3 is 3.00 bits per heavy atom. The fraction of sp³-hybridized carbons (Fsp3) is 0.471. The Morgan fingerprint density at radius 1 is 1.52 bits per heavy atom. The fourth-order valence-corrected chi connectivity index (χ4v) is 2.54. The molecule has 0 spiro atoms. The molecular weight excluding hydrogens is 269 g/mol. The standard InChI is InChI=1S/C17H20FNO2/c1-2-13-8-9-19(12-13)17(21)16-7-6-15(18)11-14(16)5-3-4-10-20/h6-7,11,13,20H,2,4,8-10,12H2,1H3. The number of benzene rings is 1. The number of halogens is 1. The van der Waals surface area contributed by atoms with E-state index in [0.717, 1.165) is 25.9 Å². The van der Waals surface area contributed by atoms with Crippen LogP contribution in [0.15, 0.2) is 18.2 Å². The zero-order valence-corrected chi connectivity index (χ0v) is 12.2. The number of amides is 1. The van der Waals surface area contributed by atoms with Gasteiger partial charge in [-0.15, -0.1) is 0 Å². The van der Waals surface area contributed by atoms with Crippen LogP contribution in [0.25, 0.3) is 0 Å². The molecule has 21 heavy (non-hydrogen) atoms. The average Bonchev–Trinajstić information content (AvgIpc) is 2.96. The second-order valence-electron chi connectivity index (χ2n) is 5.28. The molecule has 1 unspecified atom stereocenters. The molecule has 1 aliphatic rings. The Kier molecular flexibility index (Phi) is 5.35. The predicted molar refractivity (Wildman–Crippen MR) is 79.3 cm³/mol. The molecule has 112 valence electrons. The van der Waals surface area contributed by atoms with Gasteiger partial charge in [0.1, 0.15) is 5.82 Å². The molecule has 3 nitrogen and oxygen atoms in total. The summed E-state index contributed by atoms with van der Waals surface area (Å²) in [6.45, 7) is 3.59. The van der Waals surface area contributed by atoms with Crippen molar-refractivity contribution in [2.75, 3.05) is 19.7 Å². The maximum atomic E-state index is 13.4. The number of nitrogens with zero attached hydrogens (tertiary/aromatic N) is 1. The first-order valence-electron chi connectivity index (χ1n) is 7.34. The van der Waals surface area contributed by atoms with Crippen LogP contribution in [-0.4, -0.2) is 35.6 Å². The second-order valence-corrected chi connectivity index (χ2v) is 5.28. The lowest BCUT2D eigenvalue weighted by Gasteiger charge is -2.17. The lowest BCUT2D eigenvalue weighted by atomic mass is 10.1. The van der Waals surface area contributed by atoms with Gasteiger partial charge in [-0.3, -0.25) is 4.79 Å². The largest absolute Gasteiger partial charge is 0.395 e. The van der Waals surface area contributed by atoms with E-state index < -0.39 is 5.82 Å². The van der Waals surface area contributed by atoms with Crippen LogP contribution in [0.5, 0.6) is 0 Å². The van der Waals surface area contributed by atoms with E-state index in [0.29, 0.717) is 23.5 Å². The summed E-state index contributed by atoms with van der Waals surface area (Å²) >= 11 is 0. The minimum atomic E-state index is -0.410. The smallest absolute Gasteiger partial charge is 0.255 e. The summed E-state index contributed by atoms with van der Waals surface area (Å²) in [5, 5.41) is 8.75. The molecule has 1 aromatic carbocycles. The van der Waals surface area contributed by atoms with E-state index in [1.165, 1.54) is 18.2 Å². The van der Waals surface area contributed by atoms with Crippen LogP contribution < -0.4 is 0 Å². The van der Waals surface area contributed by atoms with E-state index in [1.807, 2.05) is 4.90 Å². The summed E-state index contributed by atoms with van der Waals surface area (Å²) in [6, 6.07) is 4.07. The molecule has 0 saturated carbocycles. The van der Waals surface area contributed by atoms with Gasteiger partial charge >= 0.3 is 0 Å². The lowest BCUT2D eigenvalue weighted by molar-refractivity contribution is 0.0786. The minimum Gasteiger partial charge on any atom is -0.395 e. The number of likely N-dealkylation sites (tertiary alicyclic amines) is 1. The summed E-state index contributed by atoms with van der Waals surface area (Å²) in [4.78, 5) is 14.4. The molecular formula is C17H20FNO2. The molecule has 1 heterocycles. The molecule has 0 radical (unpaired) electrons. The summed E-state index contributed by atoms with van der Waals surface area (Å²) in [6.07, 6.45) is 2.40. The van der Waals surface area contributed by atoms with Gasteiger partial charge < -0.3 is 10.0 Å². The topological polar surface area (TPSA) is 40.5 Å². The highest BCUT2D eigenvalue weighted by Gasteiger charge is 2.26. The summed E-state index contributed by atoms with van der Waals surface area (Å²) in [5.74, 6) is 5.59. The number of hydrogen-bond donors (Lipinski definition) is 1. The first kappa shape index (κ1) is 15.5. The van der Waals surface area contributed by atoms with Crippen LogP contribution in [0.3, 0.4) is 0 Å². The van der Waals surface area contributed by atoms with Crippen LogP contribution in [0.2, 0.25) is 0 Å². The van der Waals surface area contributed by atoms with E-state index in [-0.39, 0.29) is 12.5 Å². The Bertz CT molecular complexity index is 574. The highest BCUT2D eigenvalue weighted by molar-refractivity contribution is 5.97. The van der Waals surface area contributed by atoms with E-state index in [1.54, 1.807) is 0 Å². The molecule has 1 aromatic rings. The SMILES string of the molecule is CCC1CCN(C(=O)c2ccc(F)cc2C#CCCO)C1. The molecule has 4 heteroatoms. The molecule has 1 atom stereocenters. The van der Waals surface area contributed by atoms with Crippen molar-refractivity contribution >= 4 is 5.91 Å². The number of aliphatic hydroxyl groups excluding tert-OH is 1. The van der Waals surface area contributed by atoms with Gasteiger partial charge in [-0.05, 0) is 30.5 Å². The second kappa shape index (κ2) is 7.24. The number of carbonyl (C=O) groups is 1. The highest BCUT2D eigenvalue weighted by atomic mass is 19.1. The molecule has 0 aliphatic carbocycles. The third-order valence-electron chi connectivity index (χ3n) is 3.82. The average molecular weight is 289 g/mol. The van der Waals surface area contributed by atoms with Crippen LogP contribution in [-0.2, 0) is 0 Å². The fourth-order valence-electron chi connectivity index (χ4n) is 2.54. The van der Waals surface area contributed by atoms with Gasteiger partial charge in [-0.1, -0.05) is 25.2 Å². The third-order valence-corrected chi connectivity index (χ3v) is 3.82. The normalized spacial score (nSPS) is 17.5. The number of rotatable bonds is 3. The van der Waals surface area contributed by atoms with Crippen LogP contribution in [0.1, 0.15) is 42.1 Å². The van der Waals surface area contributed by atoms with Gasteiger partial charge in [0.25, 0.3) is 5.91 Å². The summed E-state index contributed by atoms with van der Waals surface area (Å²) < 4.78 is 13.4. The zero-order chi connectivity index (χ0) is 15.2. The van der Waals surface area contributed by atoms with Crippen molar-refractivity contribution in [1.82, 2.24) is 4.90 Å². The van der Waals surface area contributed by atoms with Crippen molar-refractivity contribution < 1.29 is 14.3 Å². The van der Waals surface area contributed by atoms with Crippen molar-refractivity contribution in [2.45, 2.75) is 26.2 Å². The molecule has 1 saturated heterocycles. The Morgan fingerprint density at radius 2 is 2.33 bits per heavy atom. The first-order valence-corrected chi connectivity index (χ1v) is 7.34. The predicted octanol–water partition coefficient (Wildman–Crippen LogP) is 2.43. The molecule has 1 amide bonds. The van der Waals surface area contributed by atoms with E-state index in [4.69, 9.17) is 5.11 Å². The Hall–Kier alpha value is -1.86. The summed E-state index contributed by atoms with van der Waals surface area (Å²) in [7, 11) is 0. The maximum Gasteiger partial charge on any atom is 0.255 e. The summed E-state index contributed by atoms with van der Waals surface area (Å²) in [5.41, 5.74) is 0.840. The quantitative estimate of drug-likeness (QED) is 0.868. The zero-order valence-electron chi connectivity index (χ0n) is 12.2. The molecule has 0 bridgehead atoms. The van der Waals surface area contributed by atoms with Gasteiger partial charge in [0.05, 0.1) is 12.2 Å². The van der Waals surface area contributed by atoms with Crippen LogP contribution in [0.4, 0.5) is 4.39 Å². The van der Waals surface area contributed by atoms with Crippen LogP contribution >= 0.6 is 0 Å². The molecule has 2 rings (SSSR count). The number of carbonyl (C=O) groups excluding carboxylic acids is 1. The van der Waals surface area contributed by atoms with Gasteiger partial charge in [-0.25, -0.2) is 4.39 Å². The maximum absolute atomic E-state index is 13.4. The highest BCUT2D eigenvalue weighted by Crippen LogP contribution is 2.22. The van der Waals surface area contributed by atoms with Crippen LogP contribution in [0, 0.1) is 23.6 Å². The Balaban J connectivity index is 2.23. The van der Waals surface area contributed by atoms with Crippen molar-refractivity contribution in [3.05, 3.63) is 35.1 Å². The van der Waals surface area contributed by atoms with Crippen molar-refractivity contribution in [3.8, 4) is 11.8 Å². The minimum absolute atomic E-state index is 0.0457.